The molecule has 0 saturated heterocycles. The Hall–Kier alpha value is -1.59. The molecule has 26 heavy (non-hydrogen) atoms. The quantitative estimate of drug-likeness (QED) is 0.560. The van der Waals surface area contributed by atoms with Crippen LogP contribution in [0.4, 0.5) is 4.39 Å². The molecule has 2 aromatic carbocycles. The lowest BCUT2D eigenvalue weighted by Crippen LogP contribution is -2.14. The first-order chi connectivity index (χ1) is 12.2. The first-order valence-electron chi connectivity index (χ1n) is 7.10. The molecule has 0 saturated carbocycles. The van der Waals surface area contributed by atoms with Crippen molar-refractivity contribution in [2.24, 2.45) is 5.14 Å². The van der Waals surface area contributed by atoms with E-state index in [0.717, 1.165) is 21.1 Å². The summed E-state index contributed by atoms with van der Waals surface area (Å²) < 4.78 is 43.8. The largest absolute Gasteiger partial charge is 0.388 e. The van der Waals surface area contributed by atoms with Gasteiger partial charge in [0.25, 0.3) is 0 Å². The number of nitrogens with two attached hydrogens (primary N) is 1. The molecule has 1 aromatic heterocycles. The number of hydrogen-bond donors (Lipinski definition) is 2. The Morgan fingerprint density at radius 2 is 1.81 bits per heavy atom. The third-order valence-electron chi connectivity index (χ3n) is 3.63. The first-order valence-corrected chi connectivity index (χ1v) is 10.2. The van der Waals surface area contributed by atoms with Gasteiger partial charge >= 0.3 is 0 Å². The van der Waals surface area contributed by atoms with Crippen LogP contribution in [0.25, 0.3) is 22.4 Å². The molecule has 0 aliphatic carbocycles. The third-order valence-corrected chi connectivity index (χ3v) is 6.45. The summed E-state index contributed by atoms with van der Waals surface area (Å²) in [6, 6.07) is 8.81. The van der Waals surface area contributed by atoms with Crippen molar-refractivity contribution in [3.8, 4) is 22.4 Å². The van der Waals surface area contributed by atoms with Gasteiger partial charge < -0.3 is 9.63 Å². The highest BCUT2D eigenvalue weighted by Crippen LogP contribution is 2.37. The fourth-order valence-corrected chi connectivity index (χ4v) is 3.67. The highest BCUT2D eigenvalue weighted by atomic mass is 79.9. The first kappa shape index (κ1) is 19.2. The van der Waals surface area contributed by atoms with Gasteiger partial charge in [-0.3, -0.25) is 0 Å². The normalized spacial score (nSPS) is 11.7. The zero-order valence-corrected chi connectivity index (χ0v) is 16.9. The summed E-state index contributed by atoms with van der Waals surface area (Å²) in [4.78, 5) is -0.615. The number of aliphatic hydroxyl groups is 1. The average Bonchev–Trinajstić information content (AvgIpc) is 3.00. The number of nitrogens with zero attached hydrogens (tertiary/aromatic N) is 1. The fourth-order valence-electron chi connectivity index (χ4n) is 2.46. The van der Waals surface area contributed by atoms with Crippen molar-refractivity contribution in [3.63, 3.8) is 0 Å². The molecule has 0 radical (unpaired) electrons. The van der Waals surface area contributed by atoms with E-state index < -0.39 is 27.3 Å². The van der Waals surface area contributed by atoms with Crippen molar-refractivity contribution in [3.05, 3.63) is 56.9 Å². The Bertz CT molecular complexity index is 1100. The van der Waals surface area contributed by atoms with E-state index in [-0.39, 0.29) is 5.76 Å². The molecule has 3 aromatic rings. The van der Waals surface area contributed by atoms with Crippen LogP contribution in [0.5, 0.6) is 0 Å². The number of rotatable bonds is 4. The average molecular weight is 506 g/mol. The zero-order chi connectivity index (χ0) is 19.1. The second-order valence-electron chi connectivity index (χ2n) is 5.31. The van der Waals surface area contributed by atoms with Crippen LogP contribution in [-0.4, -0.2) is 18.7 Å². The lowest BCUT2D eigenvalue weighted by molar-refractivity contribution is 0.230. The van der Waals surface area contributed by atoms with Gasteiger partial charge in [0, 0.05) is 14.5 Å². The fraction of sp³-hybridized carbons (Fsp3) is 0.0625. The molecule has 10 heteroatoms. The number of benzene rings is 2. The van der Waals surface area contributed by atoms with Crippen molar-refractivity contribution >= 4 is 41.9 Å². The van der Waals surface area contributed by atoms with Gasteiger partial charge in [0.1, 0.15) is 23.0 Å². The van der Waals surface area contributed by atoms with E-state index in [4.69, 9.17) is 9.66 Å². The van der Waals surface area contributed by atoms with Gasteiger partial charge in [-0.2, -0.15) is 0 Å². The zero-order valence-electron chi connectivity index (χ0n) is 12.9. The Morgan fingerprint density at radius 1 is 1.12 bits per heavy atom. The number of aromatic nitrogens is 1. The van der Waals surface area contributed by atoms with E-state index in [0.29, 0.717) is 22.4 Å². The topological polar surface area (TPSA) is 106 Å². The molecule has 0 atom stereocenters. The van der Waals surface area contributed by atoms with Gasteiger partial charge in [0.05, 0.1) is 5.56 Å². The molecule has 0 spiro atoms. The van der Waals surface area contributed by atoms with Crippen LogP contribution in [0, 0.1) is 5.82 Å². The van der Waals surface area contributed by atoms with E-state index in [1.54, 1.807) is 18.2 Å². The number of primary sulfonamides is 1. The minimum atomic E-state index is -4.18. The van der Waals surface area contributed by atoms with E-state index in [2.05, 4.69) is 37.0 Å². The lowest BCUT2D eigenvalue weighted by Gasteiger charge is -2.07. The summed E-state index contributed by atoms with van der Waals surface area (Å²) in [6.07, 6.45) is 0. The van der Waals surface area contributed by atoms with Crippen molar-refractivity contribution in [2.75, 3.05) is 0 Å². The summed E-state index contributed by atoms with van der Waals surface area (Å²) >= 11 is 6.77. The SMILES string of the molecule is NS(=O)(=O)c1ccc(-c2c(-c3ccc(Br)c(Br)c3)noc2CO)cc1F. The second kappa shape index (κ2) is 7.20. The van der Waals surface area contributed by atoms with Gasteiger partial charge in [0.15, 0.2) is 5.76 Å². The highest BCUT2D eigenvalue weighted by Gasteiger charge is 2.22. The Kier molecular flexibility index (Phi) is 5.31. The molecule has 1 heterocycles. The van der Waals surface area contributed by atoms with Crippen molar-refractivity contribution in [1.82, 2.24) is 5.16 Å². The highest BCUT2D eigenvalue weighted by molar-refractivity contribution is 9.13. The number of sulfonamides is 1. The molecule has 0 aliphatic heterocycles. The maximum atomic E-state index is 14.2. The van der Waals surface area contributed by atoms with E-state index in [1.807, 2.05) is 0 Å². The van der Waals surface area contributed by atoms with Gasteiger partial charge in [-0.1, -0.05) is 17.3 Å². The lowest BCUT2D eigenvalue weighted by atomic mass is 9.99. The molecule has 0 unspecified atom stereocenters. The van der Waals surface area contributed by atoms with Crippen LogP contribution in [0.15, 0.2) is 54.8 Å². The van der Waals surface area contributed by atoms with E-state index >= 15 is 0 Å². The predicted octanol–water partition coefficient (Wildman–Crippen LogP) is 3.81. The molecule has 0 amide bonds. The molecule has 0 bridgehead atoms. The predicted molar refractivity (Wildman–Crippen MR) is 100 cm³/mol. The monoisotopic (exact) mass is 504 g/mol. The summed E-state index contributed by atoms with van der Waals surface area (Å²) in [5.41, 5.74) is 1.70. The number of aliphatic hydroxyl groups excluding tert-OH is 1. The maximum Gasteiger partial charge on any atom is 0.240 e. The summed E-state index contributed by atoms with van der Waals surface area (Å²) in [5.74, 6) is -0.875. The van der Waals surface area contributed by atoms with E-state index in [1.165, 1.54) is 6.07 Å². The molecule has 0 fully saturated rings. The van der Waals surface area contributed by atoms with Crippen LogP contribution in [0.2, 0.25) is 0 Å². The molecule has 3 rings (SSSR count). The van der Waals surface area contributed by atoms with Crippen molar-refractivity contribution < 1.29 is 22.4 Å². The van der Waals surface area contributed by atoms with Crippen LogP contribution < -0.4 is 5.14 Å². The third kappa shape index (κ3) is 3.60. The standard InChI is InChI=1S/C16H11Br2FN2O4S/c17-10-3-1-9(5-11(10)18)16-15(13(7-22)25-21-16)8-2-4-14(12(19)6-8)26(20,23)24/h1-6,22H,7H2,(H2,20,23,24). The molecular weight excluding hydrogens is 495 g/mol. The van der Waals surface area contributed by atoms with Gasteiger partial charge in [-0.25, -0.2) is 17.9 Å². The summed E-state index contributed by atoms with van der Waals surface area (Å²) in [7, 11) is -4.18. The smallest absolute Gasteiger partial charge is 0.240 e. The van der Waals surface area contributed by atoms with Gasteiger partial charge in [-0.15, -0.1) is 0 Å². The van der Waals surface area contributed by atoms with E-state index in [9.17, 15) is 17.9 Å². The Balaban J connectivity index is 2.20. The van der Waals surface area contributed by atoms with Crippen LogP contribution in [0.3, 0.4) is 0 Å². The summed E-state index contributed by atoms with van der Waals surface area (Å²) in [6.45, 7) is -0.460. The molecule has 136 valence electrons. The molecule has 0 aliphatic rings. The van der Waals surface area contributed by atoms with Gasteiger partial charge in [-0.05, 0) is 61.7 Å². The number of halogens is 3. The van der Waals surface area contributed by atoms with Crippen LogP contribution >= 0.6 is 31.9 Å². The molecule has 6 nitrogen and oxygen atoms in total. The van der Waals surface area contributed by atoms with Crippen molar-refractivity contribution in [1.29, 1.82) is 0 Å². The molecule has 3 N–H and O–H groups in total. The number of hydrogen-bond acceptors (Lipinski definition) is 5. The molecular formula is C16H11Br2FN2O4S. The minimum Gasteiger partial charge on any atom is -0.388 e. The second-order valence-corrected chi connectivity index (χ2v) is 8.55. The maximum absolute atomic E-state index is 14.2. The Morgan fingerprint density at radius 3 is 2.38 bits per heavy atom. The van der Waals surface area contributed by atoms with Crippen LogP contribution in [0.1, 0.15) is 5.76 Å². The minimum absolute atomic E-state index is 0.127. The van der Waals surface area contributed by atoms with Gasteiger partial charge in [0.2, 0.25) is 10.0 Å². The summed E-state index contributed by atoms with van der Waals surface area (Å²) in [5, 5.41) is 18.5. The van der Waals surface area contributed by atoms with Crippen LogP contribution in [-0.2, 0) is 16.6 Å². The Labute approximate surface area is 165 Å². The van der Waals surface area contributed by atoms with Crippen molar-refractivity contribution in [2.45, 2.75) is 11.5 Å².